The summed E-state index contributed by atoms with van der Waals surface area (Å²) in [6.07, 6.45) is 2.57. The minimum Gasteiger partial charge on any atom is -0.508 e. The summed E-state index contributed by atoms with van der Waals surface area (Å²) in [5.41, 5.74) is 8.65. The Bertz CT molecular complexity index is 466. The van der Waals surface area contributed by atoms with Crippen LogP contribution < -0.4 is 5.73 Å². The van der Waals surface area contributed by atoms with Gasteiger partial charge in [0.05, 0.1) is 0 Å². The van der Waals surface area contributed by atoms with E-state index >= 15 is 0 Å². The van der Waals surface area contributed by atoms with Gasteiger partial charge in [-0.15, -0.1) is 0 Å². The summed E-state index contributed by atoms with van der Waals surface area (Å²) in [5.74, 6) is 0.278. The molecule has 2 rings (SSSR count). The van der Waals surface area contributed by atoms with Crippen LogP contribution in [0.1, 0.15) is 5.69 Å². The average molecular weight is 214 g/mol. The van der Waals surface area contributed by atoms with Crippen LogP contribution in [0.3, 0.4) is 0 Å². The second-order valence-corrected chi connectivity index (χ2v) is 3.62. The summed E-state index contributed by atoms with van der Waals surface area (Å²) in [5, 5.41) is 9.21. The van der Waals surface area contributed by atoms with Gasteiger partial charge >= 0.3 is 0 Å². The zero-order chi connectivity index (χ0) is 11.4. The lowest BCUT2D eigenvalue weighted by Crippen LogP contribution is -2.04. The normalized spacial score (nSPS) is 10.3. The molecule has 0 aliphatic heterocycles. The molecule has 1 heterocycles. The Labute approximate surface area is 94.6 Å². The highest BCUT2D eigenvalue weighted by Crippen LogP contribution is 2.21. The van der Waals surface area contributed by atoms with Crippen LogP contribution in [0.2, 0.25) is 0 Å². The third-order valence-electron chi connectivity index (χ3n) is 2.42. The largest absolute Gasteiger partial charge is 0.508 e. The first-order valence-corrected chi connectivity index (χ1v) is 5.24. The summed E-state index contributed by atoms with van der Waals surface area (Å²) < 4.78 is 0. The highest BCUT2D eigenvalue weighted by atomic mass is 16.3. The number of hydrogen-bond acceptors (Lipinski definition) is 3. The molecule has 0 atom stereocenters. The van der Waals surface area contributed by atoms with Gasteiger partial charge < -0.3 is 10.8 Å². The molecule has 0 aliphatic rings. The van der Waals surface area contributed by atoms with Crippen LogP contribution in [0, 0.1) is 0 Å². The predicted molar refractivity (Wildman–Crippen MR) is 64.1 cm³/mol. The molecule has 3 N–H and O–H groups in total. The van der Waals surface area contributed by atoms with Crippen molar-refractivity contribution in [2.75, 3.05) is 6.54 Å². The van der Waals surface area contributed by atoms with Gasteiger partial charge in [-0.3, -0.25) is 4.98 Å². The number of aromatic hydroxyl groups is 1. The number of nitrogens with two attached hydrogens (primary N) is 1. The molecule has 82 valence electrons. The average Bonchev–Trinajstić information content (AvgIpc) is 2.31. The molecule has 0 spiro atoms. The van der Waals surface area contributed by atoms with Crippen LogP contribution >= 0.6 is 0 Å². The van der Waals surface area contributed by atoms with Crippen molar-refractivity contribution in [1.82, 2.24) is 4.98 Å². The van der Waals surface area contributed by atoms with Gasteiger partial charge in [0.25, 0.3) is 0 Å². The summed E-state index contributed by atoms with van der Waals surface area (Å²) in [4.78, 5) is 4.24. The lowest BCUT2D eigenvalue weighted by molar-refractivity contribution is 0.475. The number of rotatable bonds is 3. The Hall–Kier alpha value is -1.87. The second-order valence-electron chi connectivity index (χ2n) is 3.62. The van der Waals surface area contributed by atoms with Crippen molar-refractivity contribution in [2.45, 2.75) is 6.42 Å². The van der Waals surface area contributed by atoms with Gasteiger partial charge in [0.2, 0.25) is 0 Å². The van der Waals surface area contributed by atoms with Crippen molar-refractivity contribution in [3.8, 4) is 16.9 Å². The highest BCUT2D eigenvalue weighted by Gasteiger charge is 2.00. The van der Waals surface area contributed by atoms with Gasteiger partial charge in [0, 0.05) is 18.3 Å². The minimum atomic E-state index is 0.278. The molecular formula is C13H14N2O. The van der Waals surface area contributed by atoms with E-state index in [1.807, 2.05) is 24.3 Å². The molecule has 1 aromatic heterocycles. The lowest BCUT2D eigenvalue weighted by Gasteiger charge is -2.04. The first kappa shape index (κ1) is 10.6. The zero-order valence-electron chi connectivity index (χ0n) is 8.93. The van der Waals surface area contributed by atoms with E-state index in [2.05, 4.69) is 4.98 Å². The van der Waals surface area contributed by atoms with Crippen molar-refractivity contribution in [3.05, 3.63) is 48.3 Å². The van der Waals surface area contributed by atoms with Crippen LogP contribution in [-0.2, 0) is 6.42 Å². The molecule has 16 heavy (non-hydrogen) atoms. The topological polar surface area (TPSA) is 59.1 Å². The fourth-order valence-electron chi connectivity index (χ4n) is 1.60. The molecule has 0 amide bonds. The number of benzene rings is 1. The number of nitrogens with zero attached hydrogens (tertiary/aromatic N) is 1. The van der Waals surface area contributed by atoms with Crippen molar-refractivity contribution >= 4 is 0 Å². The standard InChI is InChI=1S/C13H14N2O/c14-7-5-12-9-11(6-8-15-12)10-1-3-13(16)4-2-10/h1-4,6,8-9,16H,5,7,14H2. The van der Waals surface area contributed by atoms with Crippen molar-refractivity contribution in [1.29, 1.82) is 0 Å². The van der Waals surface area contributed by atoms with Crippen molar-refractivity contribution in [2.24, 2.45) is 5.73 Å². The predicted octanol–water partition coefficient (Wildman–Crippen LogP) is 1.96. The minimum absolute atomic E-state index is 0.278. The Morgan fingerprint density at radius 1 is 1.06 bits per heavy atom. The van der Waals surface area contributed by atoms with E-state index in [-0.39, 0.29) is 5.75 Å². The third kappa shape index (κ3) is 2.38. The quantitative estimate of drug-likeness (QED) is 0.821. The Morgan fingerprint density at radius 3 is 2.50 bits per heavy atom. The summed E-state index contributed by atoms with van der Waals surface area (Å²) >= 11 is 0. The van der Waals surface area contributed by atoms with Crippen LogP contribution in [0.25, 0.3) is 11.1 Å². The second kappa shape index (κ2) is 4.77. The molecule has 3 nitrogen and oxygen atoms in total. The zero-order valence-corrected chi connectivity index (χ0v) is 8.93. The molecule has 1 aromatic carbocycles. The van der Waals surface area contributed by atoms with Crippen LogP contribution in [0.4, 0.5) is 0 Å². The van der Waals surface area contributed by atoms with Gasteiger partial charge in [-0.05, 0) is 41.9 Å². The first-order chi connectivity index (χ1) is 7.79. The Kier molecular flexibility index (Phi) is 3.17. The van der Waals surface area contributed by atoms with Crippen LogP contribution in [0.5, 0.6) is 5.75 Å². The third-order valence-corrected chi connectivity index (χ3v) is 2.42. The fraction of sp³-hybridized carbons (Fsp3) is 0.154. The van der Waals surface area contributed by atoms with Gasteiger partial charge in [-0.2, -0.15) is 0 Å². The molecule has 0 unspecified atom stereocenters. The summed E-state index contributed by atoms with van der Waals surface area (Å²) in [6, 6.07) is 11.1. The smallest absolute Gasteiger partial charge is 0.115 e. The van der Waals surface area contributed by atoms with Gasteiger partial charge in [-0.25, -0.2) is 0 Å². The summed E-state index contributed by atoms with van der Waals surface area (Å²) in [6.45, 7) is 0.603. The molecule has 2 aromatic rings. The van der Waals surface area contributed by atoms with E-state index in [9.17, 15) is 5.11 Å². The molecule has 0 aliphatic carbocycles. The lowest BCUT2D eigenvalue weighted by atomic mass is 10.1. The highest BCUT2D eigenvalue weighted by molar-refractivity contribution is 5.64. The number of phenolic OH excluding ortho intramolecular Hbond substituents is 1. The Balaban J connectivity index is 2.32. The van der Waals surface area contributed by atoms with Gasteiger partial charge in [0.15, 0.2) is 0 Å². The van der Waals surface area contributed by atoms with E-state index in [1.165, 1.54) is 0 Å². The number of pyridine rings is 1. The van der Waals surface area contributed by atoms with E-state index in [0.29, 0.717) is 6.54 Å². The molecule has 0 bridgehead atoms. The monoisotopic (exact) mass is 214 g/mol. The van der Waals surface area contributed by atoms with Crippen LogP contribution in [0.15, 0.2) is 42.6 Å². The summed E-state index contributed by atoms with van der Waals surface area (Å²) in [7, 11) is 0. The molecular weight excluding hydrogens is 200 g/mol. The maximum Gasteiger partial charge on any atom is 0.115 e. The van der Waals surface area contributed by atoms with Crippen molar-refractivity contribution < 1.29 is 5.11 Å². The Morgan fingerprint density at radius 2 is 1.81 bits per heavy atom. The molecule has 3 heteroatoms. The molecule has 0 fully saturated rings. The SMILES string of the molecule is NCCc1cc(-c2ccc(O)cc2)ccn1. The maximum absolute atomic E-state index is 9.21. The number of hydrogen-bond donors (Lipinski definition) is 2. The number of phenols is 1. The van der Waals surface area contributed by atoms with Gasteiger partial charge in [0.1, 0.15) is 5.75 Å². The maximum atomic E-state index is 9.21. The first-order valence-electron chi connectivity index (χ1n) is 5.24. The fourth-order valence-corrected chi connectivity index (χ4v) is 1.60. The van der Waals surface area contributed by atoms with E-state index in [4.69, 9.17) is 5.73 Å². The van der Waals surface area contributed by atoms with Gasteiger partial charge in [-0.1, -0.05) is 12.1 Å². The van der Waals surface area contributed by atoms with E-state index < -0.39 is 0 Å². The molecule has 0 saturated heterocycles. The number of aromatic nitrogens is 1. The van der Waals surface area contributed by atoms with Crippen LogP contribution in [-0.4, -0.2) is 16.6 Å². The molecule has 0 radical (unpaired) electrons. The molecule has 0 saturated carbocycles. The van der Waals surface area contributed by atoms with Crippen molar-refractivity contribution in [3.63, 3.8) is 0 Å². The van der Waals surface area contributed by atoms with E-state index in [0.717, 1.165) is 23.2 Å². The van der Waals surface area contributed by atoms with E-state index in [1.54, 1.807) is 18.3 Å².